The molecular weight excluding hydrogens is 243 g/mol. The summed E-state index contributed by atoms with van der Waals surface area (Å²) in [5.41, 5.74) is 0.871. The summed E-state index contributed by atoms with van der Waals surface area (Å²) < 4.78 is 13.4. The van der Waals surface area contributed by atoms with E-state index in [1.54, 1.807) is 43.7 Å². The van der Waals surface area contributed by atoms with Gasteiger partial charge < -0.3 is 10.1 Å². The third-order valence-electron chi connectivity index (χ3n) is 3.39. The zero-order valence-electron chi connectivity index (χ0n) is 10.4. The molecule has 0 radical (unpaired) electrons. The predicted molar refractivity (Wildman–Crippen MR) is 71.2 cm³/mol. The monoisotopic (exact) mass is 256 g/mol. The van der Waals surface area contributed by atoms with Crippen LogP contribution in [0.3, 0.4) is 0 Å². The van der Waals surface area contributed by atoms with Crippen LogP contribution >= 0.6 is 0 Å². The van der Waals surface area contributed by atoms with Crippen LogP contribution in [-0.4, -0.2) is 15.1 Å². The Morgan fingerprint density at radius 3 is 2.89 bits per heavy atom. The van der Waals surface area contributed by atoms with E-state index in [-0.39, 0.29) is 5.82 Å². The molecule has 0 bridgehead atoms. The van der Waals surface area contributed by atoms with Gasteiger partial charge in [-0.15, -0.1) is 0 Å². The zero-order chi connectivity index (χ0) is 13.5. The van der Waals surface area contributed by atoms with Crippen molar-refractivity contribution in [3.8, 4) is 0 Å². The third kappa shape index (κ3) is 1.90. The number of hydrogen-bond acceptors (Lipinski definition) is 2. The highest BCUT2D eigenvalue weighted by Gasteiger charge is 2.28. The lowest BCUT2D eigenvalue weighted by Crippen LogP contribution is -2.22. The van der Waals surface area contributed by atoms with Gasteiger partial charge in [0, 0.05) is 40.6 Å². The van der Waals surface area contributed by atoms with E-state index in [0.29, 0.717) is 16.5 Å². The highest BCUT2D eigenvalue weighted by Crippen LogP contribution is 2.33. The van der Waals surface area contributed by atoms with Gasteiger partial charge in [-0.05, 0) is 31.2 Å². The number of aliphatic hydroxyl groups is 1. The first-order valence-electron chi connectivity index (χ1n) is 5.99. The highest BCUT2D eigenvalue weighted by molar-refractivity contribution is 5.84. The second-order valence-corrected chi connectivity index (χ2v) is 4.71. The van der Waals surface area contributed by atoms with Gasteiger partial charge in [0.25, 0.3) is 0 Å². The Hall–Kier alpha value is -2.20. The van der Waals surface area contributed by atoms with Gasteiger partial charge in [-0.1, -0.05) is 6.07 Å². The fraction of sp³-hybridized carbons (Fsp3) is 0.133. The third-order valence-corrected chi connectivity index (χ3v) is 3.39. The van der Waals surface area contributed by atoms with Gasteiger partial charge in [-0.3, -0.25) is 4.98 Å². The van der Waals surface area contributed by atoms with E-state index >= 15 is 0 Å². The molecule has 3 nitrogen and oxygen atoms in total. The number of fused-ring (bicyclic) bond motifs is 1. The Kier molecular flexibility index (Phi) is 2.61. The van der Waals surface area contributed by atoms with Crippen LogP contribution in [0.5, 0.6) is 0 Å². The molecule has 3 rings (SSSR count). The molecule has 2 heterocycles. The number of halogens is 1. The average molecular weight is 256 g/mol. The first-order chi connectivity index (χ1) is 9.09. The maximum atomic E-state index is 13.4. The molecule has 2 aromatic heterocycles. The number of hydrogen-bond donors (Lipinski definition) is 2. The molecule has 0 fully saturated rings. The summed E-state index contributed by atoms with van der Waals surface area (Å²) in [6.07, 6.45) is 4.96. The minimum Gasteiger partial charge on any atom is -0.381 e. The molecule has 19 heavy (non-hydrogen) atoms. The molecule has 1 aromatic carbocycles. The van der Waals surface area contributed by atoms with Crippen LogP contribution in [-0.2, 0) is 5.60 Å². The van der Waals surface area contributed by atoms with Crippen molar-refractivity contribution in [3.63, 3.8) is 0 Å². The minimum absolute atomic E-state index is 0.324. The molecule has 0 aliphatic carbocycles. The van der Waals surface area contributed by atoms with Crippen LogP contribution in [0.25, 0.3) is 10.9 Å². The number of benzene rings is 1. The molecule has 1 unspecified atom stereocenters. The van der Waals surface area contributed by atoms with E-state index in [1.165, 1.54) is 12.1 Å². The van der Waals surface area contributed by atoms with E-state index in [4.69, 9.17) is 0 Å². The van der Waals surface area contributed by atoms with Gasteiger partial charge in [-0.25, -0.2) is 4.39 Å². The van der Waals surface area contributed by atoms with Crippen molar-refractivity contribution in [2.75, 3.05) is 0 Å². The van der Waals surface area contributed by atoms with Crippen molar-refractivity contribution >= 4 is 10.9 Å². The van der Waals surface area contributed by atoms with E-state index in [1.807, 2.05) is 0 Å². The lowest BCUT2D eigenvalue weighted by atomic mass is 9.89. The minimum atomic E-state index is -1.22. The molecule has 3 aromatic rings. The molecule has 0 amide bonds. The number of nitrogens with one attached hydrogen (secondary N) is 1. The SMILES string of the molecule is CC(O)(c1cccnc1)c1c[nH]c2ccc(F)cc12. The van der Waals surface area contributed by atoms with Crippen molar-refractivity contribution in [1.82, 2.24) is 9.97 Å². The van der Waals surface area contributed by atoms with Gasteiger partial charge >= 0.3 is 0 Å². The first-order valence-corrected chi connectivity index (χ1v) is 5.99. The van der Waals surface area contributed by atoms with Crippen molar-refractivity contribution < 1.29 is 9.50 Å². The van der Waals surface area contributed by atoms with Gasteiger partial charge in [-0.2, -0.15) is 0 Å². The van der Waals surface area contributed by atoms with Crippen LogP contribution in [0, 0.1) is 5.82 Å². The molecule has 0 aliphatic rings. The maximum absolute atomic E-state index is 13.4. The number of aromatic nitrogens is 2. The predicted octanol–water partition coefficient (Wildman–Crippen LogP) is 2.96. The van der Waals surface area contributed by atoms with Crippen molar-refractivity contribution in [2.45, 2.75) is 12.5 Å². The van der Waals surface area contributed by atoms with Crippen LogP contribution in [0.1, 0.15) is 18.1 Å². The summed E-state index contributed by atoms with van der Waals surface area (Å²) >= 11 is 0. The van der Waals surface area contributed by atoms with E-state index in [0.717, 1.165) is 5.52 Å². The summed E-state index contributed by atoms with van der Waals surface area (Å²) in [7, 11) is 0. The Labute approximate surface area is 109 Å². The van der Waals surface area contributed by atoms with Crippen molar-refractivity contribution in [3.05, 3.63) is 65.9 Å². The van der Waals surface area contributed by atoms with E-state index in [9.17, 15) is 9.50 Å². The Morgan fingerprint density at radius 2 is 2.16 bits per heavy atom. The lowest BCUT2D eigenvalue weighted by molar-refractivity contribution is 0.103. The quantitative estimate of drug-likeness (QED) is 0.740. The van der Waals surface area contributed by atoms with Gasteiger partial charge in [0.1, 0.15) is 11.4 Å². The Morgan fingerprint density at radius 1 is 1.32 bits per heavy atom. The van der Waals surface area contributed by atoms with Gasteiger partial charge in [0.05, 0.1) is 0 Å². The van der Waals surface area contributed by atoms with E-state index in [2.05, 4.69) is 9.97 Å². The second-order valence-electron chi connectivity index (χ2n) is 4.71. The highest BCUT2D eigenvalue weighted by atomic mass is 19.1. The number of nitrogens with zero attached hydrogens (tertiary/aromatic N) is 1. The lowest BCUT2D eigenvalue weighted by Gasteiger charge is -2.23. The molecule has 0 aliphatic heterocycles. The molecule has 96 valence electrons. The molecule has 2 N–H and O–H groups in total. The molecule has 0 saturated carbocycles. The second kappa shape index (κ2) is 4.17. The molecule has 0 saturated heterocycles. The Bertz CT molecular complexity index is 719. The number of rotatable bonds is 2. The molecule has 1 atom stereocenters. The summed E-state index contributed by atoms with van der Waals surface area (Å²) in [5.74, 6) is -0.324. The zero-order valence-corrected chi connectivity index (χ0v) is 10.4. The van der Waals surface area contributed by atoms with Gasteiger partial charge in [0.15, 0.2) is 0 Å². The fourth-order valence-corrected chi connectivity index (χ4v) is 2.30. The van der Waals surface area contributed by atoms with Crippen LogP contribution in [0.15, 0.2) is 48.9 Å². The van der Waals surface area contributed by atoms with E-state index < -0.39 is 5.60 Å². The van der Waals surface area contributed by atoms with Gasteiger partial charge in [0.2, 0.25) is 0 Å². The topological polar surface area (TPSA) is 48.9 Å². The Balaban J connectivity index is 2.21. The largest absolute Gasteiger partial charge is 0.381 e. The maximum Gasteiger partial charge on any atom is 0.123 e. The van der Waals surface area contributed by atoms with Crippen molar-refractivity contribution in [2.24, 2.45) is 0 Å². The number of aromatic amines is 1. The molecule has 0 spiro atoms. The summed E-state index contributed by atoms with van der Waals surface area (Å²) in [4.78, 5) is 7.06. The standard InChI is InChI=1S/C15H13FN2O/c1-15(19,10-3-2-6-17-8-10)13-9-18-14-5-4-11(16)7-12(13)14/h2-9,18-19H,1H3. The van der Waals surface area contributed by atoms with Crippen molar-refractivity contribution in [1.29, 1.82) is 0 Å². The molecular formula is C15H13FN2O. The number of pyridine rings is 1. The fourth-order valence-electron chi connectivity index (χ4n) is 2.30. The molecule has 4 heteroatoms. The normalized spacial score (nSPS) is 14.5. The van der Waals surface area contributed by atoms with Crippen LogP contribution in [0.4, 0.5) is 4.39 Å². The van der Waals surface area contributed by atoms with Crippen LogP contribution in [0.2, 0.25) is 0 Å². The average Bonchev–Trinajstić information content (AvgIpc) is 2.83. The number of H-pyrrole nitrogens is 1. The first kappa shape index (κ1) is 11.9. The smallest absolute Gasteiger partial charge is 0.123 e. The summed E-state index contributed by atoms with van der Waals surface area (Å²) in [6.45, 7) is 1.68. The summed E-state index contributed by atoms with van der Waals surface area (Å²) in [5, 5.41) is 11.4. The van der Waals surface area contributed by atoms with Crippen LogP contribution < -0.4 is 0 Å². The summed E-state index contributed by atoms with van der Waals surface area (Å²) in [6, 6.07) is 8.03.